The quantitative estimate of drug-likeness (QED) is 0.281. The number of rotatable bonds is 2. The largest absolute Gasteiger partial charge is 0.409 e. The predicted octanol–water partition coefficient (Wildman–Crippen LogP) is 1.49. The molecule has 0 bridgehead atoms. The number of ketones is 1. The Hall–Kier alpha value is -1.66. The summed E-state index contributed by atoms with van der Waals surface area (Å²) >= 11 is 11.2. The summed E-state index contributed by atoms with van der Waals surface area (Å²) in [5.41, 5.74) is 0.0850. The molecule has 8 heteroatoms. The summed E-state index contributed by atoms with van der Waals surface area (Å²) in [5.74, 6) is -1.74. The molecule has 1 amide bonds. The number of carbonyl (C=O) groups is 2. The van der Waals surface area contributed by atoms with E-state index in [0.29, 0.717) is 0 Å². The van der Waals surface area contributed by atoms with Gasteiger partial charge in [-0.05, 0) is 6.07 Å². The molecule has 90 valence electrons. The minimum Gasteiger partial charge on any atom is -0.409 e. The van der Waals surface area contributed by atoms with Gasteiger partial charge in [0.05, 0.1) is 10.6 Å². The molecule has 0 aliphatic rings. The summed E-state index contributed by atoms with van der Waals surface area (Å²) in [6.07, 6.45) is 1.18. The lowest BCUT2D eigenvalue weighted by molar-refractivity contribution is -0.111. The molecule has 1 aromatic heterocycles. The number of nitrogens with zero attached hydrogens (tertiary/aromatic N) is 2. The molecule has 0 aromatic carbocycles. The maximum atomic E-state index is 11.6. The molecule has 0 radical (unpaired) electrons. The van der Waals surface area contributed by atoms with Crippen molar-refractivity contribution in [2.45, 2.75) is 6.92 Å². The summed E-state index contributed by atoms with van der Waals surface area (Å²) in [6, 6.07) is 1.28. The van der Waals surface area contributed by atoms with Crippen molar-refractivity contribution >= 4 is 40.7 Å². The van der Waals surface area contributed by atoms with Crippen LogP contribution < -0.4 is 5.32 Å². The van der Waals surface area contributed by atoms with E-state index in [4.69, 9.17) is 28.4 Å². The highest BCUT2D eigenvalue weighted by molar-refractivity contribution is 6.42. The van der Waals surface area contributed by atoms with Gasteiger partial charge in [-0.25, -0.2) is 4.98 Å². The van der Waals surface area contributed by atoms with Gasteiger partial charge in [-0.2, -0.15) is 0 Å². The number of carbonyl (C=O) groups excluding carboxylic acids is 2. The Bertz CT molecular complexity index is 502. The summed E-state index contributed by atoms with van der Waals surface area (Å²) in [4.78, 5) is 26.1. The van der Waals surface area contributed by atoms with Gasteiger partial charge in [0.15, 0.2) is 5.78 Å². The van der Waals surface area contributed by atoms with Crippen LogP contribution in [0.15, 0.2) is 17.4 Å². The summed E-state index contributed by atoms with van der Waals surface area (Å²) in [5, 5.41) is 13.4. The van der Waals surface area contributed by atoms with E-state index < -0.39 is 17.5 Å². The Morgan fingerprint density at radius 3 is 2.59 bits per heavy atom. The first-order chi connectivity index (χ1) is 7.95. The maximum absolute atomic E-state index is 11.6. The van der Waals surface area contributed by atoms with Gasteiger partial charge in [0.2, 0.25) is 5.84 Å². The van der Waals surface area contributed by atoms with Gasteiger partial charge in [-0.3, -0.25) is 9.59 Å². The second kappa shape index (κ2) is 5.60. The van der Waals surface area contributed by atoms with Crippen LogP contribution >= 0.6 is 23.2 Å². The molecule has 17 heavy (non-hydrogen) atoms. The lowest BCUT2D eigenvalue weighted by Crippen LogP contribution is -2.35. The van der Waals surface area contributed by atoms with Crippen molar-refractivity contribution < 1.29 is 14.8 Å². The number of Topliss-reactive ketones (excluding diaryl/α,β-unsaturated/α-hetero) is 1. The van der Waals surface area contributed by atoms with Crippen molar-refractivity contribution in [3.8, 4) is 0 Å². The molecule has 0 saturated carbocycles. The third-order valence-corrected chi connectivity index (χ3v) is 2.41. The van der Waals surface area contributed by atoms with E-state index >= 15 is 0 Å². The molecule has 1 aromatic rings. The Morgan fingerprint density at radius 1 is 1.47 bits per heavy atom. The SMILES string of the molecule is CC(=O)/C(=N\O)NC(=O)c1cnc(Cl)c(Cl)c1. The van der Waals surface area contributed by atoms with Crippen LogP contribution in [0, 0.1) is 0 Å². The van der Waals surface area contributed by atoms with Crippen LogP contribution in [0.3, 0.4) is 0 Å². The van der Waals surface area contributed by atoms with Crippen molar-refractivity contribution in [2.75, 3.05) is 0 Å². The number of amides is 1. The van der Waals surface area contributed by atoms with E-state index in [9.17, 15) is 9.59 Å². The van der Waals surface area contributed by atoms with Crippen LogP contribution in [-0.2, 0) is 4.79 Å². The van der Waals surface area contributed by atoms with Crippen molar-refractivity contribution in [3.05, 3.63) is 28.0 Å². The molecule has 0 aliphatic carbocycles. The average molecular weight is 276 g/mol. The van der Waals surface area contributed by atoms with E-state index in [-0.39, 0.29) is 15.7 Å². The van der Waals surface area contributed by atoms with Crippen LogP contribution in [0.25, 0.3) is 0 Å². The normalized spacial score (nSPS) is 11.1. The summed E-state index contributed by atoms with van der Waals surface area (Å²) in [6.45, 7) is 1.14. The number of pyridine rings is 1. The van der Waals surface area contributed by atoms with Crippen LogP contribution in [-0.4, -0.2) is 27.7 Å². The molecule has 0 atom stereocenters. The van der Waals surface area contributed by atoms with Gasteiger partial charge < -0.3 is 10.5 Å². The highest BCUT2D eigenvalue weighted by atomic mass is 35.5. The Balaban J connectivity index is 2.90. The topological polar surface area (TPSA) is 91.6 Å². The molecule has 0 fully saturated rings. The van der Waals surface area contributed by atoms with Gasteiger partial charge in [-0.15, -0.1) is 0 Å². The molecular weight excluding hydrogens is 269 g/mol. The summed E-state index contributed by atoms with van der Waals surface area (Å²) in [7, 11) is 0. The first-order valence-corrected chi connectivity index (χ1v) is 5.06. The van der Waals surface area contributed by atoms with Crippen LogP contribution in [0.1, 0.15) is 17.3 Å². The lowest BCUT2D eigenvalue weighted by atomic mass is 10.2. The molecule has 6 nitrogen and oxygen atoms in total. The highest BCUT2D eigenvalue weighted by Gasteiger charge is 2.14. The van der Waals surface area contributed by atoms with Crippen LogP contribution in [0.4, 0.5) is 0 Å². The fraction of sp³-hybridized carbons (Fsp3) is 0.111. The molecule has 2 N–H and O–H groups in total. The molecule has 1 rings (SSSR count). The van der Waals surface area contributed by atoms with Crippen molar-refractivity contribution in [1.82, 2.24) is 10.3 Å². The zero-order chi connectivity index (χ0) is 13.0. The molecule has 0 saturated heterocycles. The van der Waals surface area contributed by atoms with E-state index in [1.807, 2.05) is 0 Å². The fourth-order valence-electron chi connectivity index (χ4n) is 0.909. The van der Waals surface area contributed by atoms with E-state index in [0.717, 1.165) is 6.92 Å². The zero-order valence-corrected chi connectivity index (χ0v) is 10.1. The minimum absolute atomic E-state index is 0.0610. The zero-order valence-electron chi connectivity index (χ0n) is 8.57. The van der Waals surface area contributed by atoms with Crippen molar-refractivity contribution in [2.24, 2.45) is 5.16 Å². The van der Waals surface area contributed by atoms with Crippen molar-refractivity contribution in [1.29, 1.82) is 0 Å². The molecule has 0 unspecified atom stereocenters. The van der Waals surface area contributed by atoms with Gasteiger partial charge >= 0.3 is 0 Å². The predicted molar refractivity (Wildman–Crippen MR) is 61.6 cm³/mol. The third-order valence-electron chi connectivity index (χ3n) is 1.72. The minimum atomic E-state index is -0.681. The van der Waals surface area contributed by atoms with E-state index in [1.54, 1.807) is 0 Å². The first-order valence-electron chi connectivity index (χ1n) is 4.31. The number of hydrogen-bond acceptors (Lipinski definition) is 5. The summed E-state index contributed by atoms with van der Waals surface area (Å²) < 4.78 is 0. The molecule has 1 heterocycles. The first kappa shape index (κ1) is 13.4. The lowest BCUT2D eigenvalue weighted by Gasteiger charge is -2.04. The van der Waals surface area contributed by atoms with Crippen LogP contribution in [0.2, 0.25) is 10.2 Å². The third kappa shape index (κ3) is 3.40. The Morgan fingerprint density at radius 2 is 2.12 bits per heavy atom. The number of oxime groups is 1. The standard InChI is InChI=1S/C9H7Cl2N3O3/c1-4(15)8(14-17)13-9(16)5-2-6(10)7(11)12-3-5/h2-3,17H,1H3,(H,13,14,16). The molecule has 0 spiro atoms. The van der Waals surface area contributed by atoms with Crippen LogP contribution in [0.5, 0.6) is 0 Å². The van der Waals surface area contributed by atoms with Crippen molar-refractivity contribution in [3.63, 3.8) is 0 Å². The second-order valence-corrected chi connectivity index (χ2v) is 3.72. The number of amidine groups is 1. The fourth-order valence-corrected chi connectivity index (χ4v) is 1.18. The van der Waals surface area contributed by atoms with Gasteiger partial charge in [0.1, 0.15) is 5.15 Å². The maximum Gasteiger partial charge on any atom is 0.258 e. The number of nitrogens with one attached hydrogen (secondary N) is 1. The number of hydrogen-bond donors (Lipinski definition) is 2. The number of aromatic nitrogens is 1. The Labute approximate surface area is 106 Å². The van der Waals surface area contributed by atoms with Gasteiger partial charge in [0, 0.05) is 13.1 Å². The van der Waals surface area contributed by atoms with Gasteiger partial charge in [0.25, 0.3) is 5.91 Å². The molecular formula is C9H7Cl2N3O3. The average Bonchev–Trinajstić information content (AvgIpc) is 2.28. The smallest absolute Gasteiger partial charge is 0.258 e. The monoisotopic (exact) mass is 275 g/mol. The molecule has 0 aliphatic heterocycles. The number of halogens is 2. The van der Waals surface area contributed by atoms with E-state index in [2.05, 4.69) is 15.5 Å². The Kier molecular flexibility index (Phi) is 4.42. The van der Waals surface area contributed by atoms with E-state index in [1.165, 1.54) is 12.3 Å². The van der Waals surface area contributed by atoms with Gasteiger partial charge in [-0.1, -0.05) is 28.4 Å². The second-order valence-electron chi connectivity index (χ2n) is 2.96. The highest BCUT2D eigenvalue weighted by Crippen LogP contribution is 2.19.